The van der Waals surface area contributed by atoms with Crippen LogP contribution in [-0.4, -0.2) is 28.3 Å². The molecule has 0 aliphatic rings. The van der Waals surface area contributed by atoms with Crippen LogP contribution in [0.1, 0.15) is 49.9 Å². The number of hydrogen-bond donors (Lipinski definition) is 1. The SMILES string of the molecule is Cc1cc(C)cc(CC(=O)N(Cc2ccccc2F)C(C)C(=O)NC(C)(C)C)c1. The highest BCUT2D eigenvalue weighted by atomic mass is 19.1. The minimum Gasteiger partial charge on any atom is -0.350 e. The monoisotopic (exact) mass is 398 g/mol. The standard InChI is InChI=1S/C24H31FN2O2/c1-16-11-17(2)13-19(12-16)14-22(28)27(15-20-9-7-8-10-21(20)25)18(3)23(29)26-24(4,5)6/h7-13,18H,14-15H2,1-6H3,(H,26,29). The van der Waals surface area contributed by atoms with Gasteiger partial charge in [-0.25, -0.2) is 4.39 Å². The molecule has 156 valence electrons. The second kappa shape index (κ2) is 9.21. The van der Waals surface area contributed by atoms with Crippen molar-refractivity contribution in [2.75, 3.05) is 0 Å². The smallest absolute Gasteiger partial charge is 0.242 e. The Kier molecular flexibility index (Phi) is 7.17. The molecule has 0 radical (unpaired) electrons. The zero-order valence-corrected chi connectivity index (χ0v) is 18.2. The quantitative estimate of drug-likeness (QED) is 0.788. The molecule has 2 rings (SSSR count). The van der Waals surface area contributed by atoms with Gasteiger partial charge in [-0.15, -0.1) is 0 Å². The number of halogens is 1. The Hall–Kier alpha value is -2.69. The maximum Gasteiger partial charge on any atom is 0.242 e. The molecule has 0 heterocycles. The van der Waals surface area contributed by atoms with Crippen molar-refractivity contribution in [1.82, 2.24) is 10.2 Å². The predicted molar refractivity (Wildman–Crippen MR) is 114 cm³/mol. The van der Waals surface area contributed by atoms with Crippen LogP contribution in [0.5, 0.6) is 0 Å². The molecule has 0 spiro atoms. The first-order valence-corrected chi connectivity index (χ1v) is 9.88. The highest BCUT2D eigenvalue weighted by Gasteiger charge is 2.29. The fourth-order valence-electron chi connectivity index (χ4n) is 3.31. The molecule has 0 fully saturated rings. The first kappa shape index (κ1) is 22.6. The van der Waals surface area contributed by atoms with Crippen LogP contribution in [0, 0.1) is 19.7 Å². The lowest BCUT2D eigenvalue weighted by atomic mass is 10.0. The van der Waals surface area contributed by atoms with Crippen molar-refractivity contribution in [3.8, 4) is 0 Å². The van der Waals surface area contributed by atoms with Crippen molar-refractivity contribution >= 4 is 11.8 Å². The molecule has 1 atom stereocenters. The van der Waals surface area contributed by atoms with Gasteiger partial charge in [-0.3, -0.25) is 9.59 Å². The number of nitrogens with zero attached hydrogens (tertiary/aromatic N) is 1. The van der Waals surface area contributed by atoms with Gasteiger partial charge in [0.1, 0.15) is 11.9 Å². The number of amides is 2. The van der Waals surface area contributed by atoms with E-state index in [0.717, 1.165) is 16.7 Å². The van der Waals surface area contributed by atoms with Crippen LogP contribution in [0.3, 0.4) is 0 Å². The molecule has 2 amide bonds. The largest absolute Gasteiger partial charge is 0.350 e. The second-order valence-corrected chi connectivity index (χ2v) is 8.70. The third-order valence-corrected chi connectivity index (χ3v) is 4.60. The first-order valence-electron chi connectivity index (χ1n) is 9.88. The molecular weight excluding hydrogens is 367 g/mol. The van der Waals surface area contributed by atoms with Crippen LogP contribution < -0.4 is 5.32 Å². The molecule has 0 aromatic heterocycles. The Labute approximate surface area is 173 Å². The number of benzene rings is 2. The second-order valence-electron chi connectivity index (χ2n) is 8.70. The molecule has 0 saturated heterocycles. The molecule has 1 unspecified atom stereocenters. The van der Waals surface area contributed by atoms with Gasteiger partial charge < -0.3 is 10.2 Å². The lowest BCUT2D eigenvalue weighted by Crippen LogP contribution is -2.52. The summed E-state index contributed by atoms with van der Waals surface area (Å²) in [5.74, 6) is -0.863. The zero-order chi connectivity index (χ0) is 21.8. The van der Waals surface area contributed by atoms with E-state index in [1.807, 2.05) is 52.8 Å². The van der Waals surface area contributed by atoms with Crippen molar-refractivity contribution in [2.45, 2.75) is 66.1 Å². The normalized spacial score (nSPS) is 12.4. The van der Waals surface area contributed by atoms with Gasteiger partial charge >= 0.3 is 0 Å². The minimum absolute atomic E-state index is 0.0367. The zero-order valence-electron chi connectivity index (χ0n) is 18.2. The molecule has 2 aromatic carbocycles. The van der Waals surface area contributed by atoms with Crippen molar-refractivity contribution in [3.63, 3.8) is 0 Å². The van der Waals surface area contributed by atoms with E-state index in [0.29, 0.717) is 5.56 Å². The van der Waals surface area contributed by atoms with Crippen molar-refractivity contribution in [1.29, 1.82) is 0 Å². The van der Waals surface area contributed by atoms with Gasteiger partial charge in [-0.1, -0.05) is 47.5 Å². The predicted octanol–water partition coefficient (Wildman–Crippen LogP) is 4.32. The van der Waals surface area contributed by atoms with Gasteiger partial charge in [0, 0.05) is 17.6 Å². The molecule has 0 aliphatic heterocycles. The van der Waals surface area contributed by atoms with Crippen LogP contribution in [0.15, 0.2) is 42.5 Å². The summed E-state index contributed by atoms with van der Waals surface area (Å²) in [7, 11) is 0. The van der Waals surface area contributed by atoms with Gasteiger partial charge in [0.2, 0.25) is 11.8 Å². The first-order chi connectivity index (χ1) is 13.5. The summed E-state index contributed by atoms with van der Waals surface area (Å²) in [5, 5.41) is 2.91. The average Bonchev–Trinajstić information content (AvgIpc) is 2.58. The molecule has 2 aromatic rings. The molecule has 0 aliphatic carbocycles. The Balaban J connectivity index is 2.30. The average molecular weight is 399 g/mol. The summed E-state index contributed by atoms with van der Waals surface area (Å²) in [6.07, 6.45) is 0.157. The Morgan fingerprint density at radius 3 is 2.21 bits per heavy atom. The third kappa shape index (κ3) is 6.70. The summed E-state index contributed by atoms with van der Waals surface area (Å²) in [5.41, 5.74) is 3.00. The van der Waals surface area contributed by atoms with Crippen LogP contribution in [0.25, 0.3) is 0 Å². The molecule has 0 saturated carbocycles. The van der Waals surface area contributed by atoms with Crippen LogP contribution >= 0.6 is 0 Å². The number of carbonyl (C=O) groups excluding carboxylic acids is 2. The summed E-state index contributed by atoms with van der Waals surface area (Å²) in [4.78, 5) is 27.4. The van der Waals surface area contributed by atoms with E-state index in [1.165, 1.54) is 11.0 Å². The third-order valence-electron chi connectivity index (χ3n) is 4.60. The van der Waals surface area contributed by atoms with Crippen molar-refractivity contribution in [2.24, 2.45) is 0 Å². The molecule has 29 heavy (non-hydrogen) atoms. The summed E-state index contributed by atoms with van der Waals surface area (Å²) in [6.45, 7) is 11.3. The Bertz CT molecular complexity index is 866. The van der Waals surface area contributed by atoms with E-state index >= 15 is 0 Å². The Morgan fingerprint density at radius 1 is 1.07 bits per heavy atom. The number of carbonyl (C=O) groups is 2. The molecule has 5 heteroatoms. The van der Waals surface area contributed by atoms with Crippen LogP contribution in [0.2, 0.25) is 0 Å². The van der Waals surface area contributed by atoms with Gasteiger partial charge in [0.05, 0.1) is 6.42 Å². The fraction of sp³-hybridized carbons (Fsp3) is 0.417. The maximum atomic E-state index is 14.2. The van der Waals surface area contributed by atoms with E-state index in [1.54, 1.807) is 25.1 Å². The maximum absolute atomic E-state index is 14.2. The van der Waals surface area contributed by atoms with E-state index < -0.39 is 11.6 Å². The van der Waals surface area contributed by atoms with Crippen LogP contribution in [0.4, 0.5) is 4.39 Å². The minimum atomic E-state index is -0.729. The number of rotatable bonds is 6. The lowest BCUT2D eigenvalue weighted by molar-refractivity contribution is -0.140. The number of aryl methyl sites for hydroxylation is 2. The van der Waals surface area contributed by atoms with Gasteiger partial charge in [-0.05, 0) is 53.2 Å². The van der Waals surface area contributed by atoms with Crippen molar-refractivity contribution in [3.05, 3.63) is 70.5 Å². The van der Waals surface area contributed by atoms with Gasteiger partial charge in [0.15, 0.2) is 0 Å². The summed E-state index contributed by atoms with van der Waals surface area (Å²) < 4.78 is 14.2. The number of hydrogen-bond acceptors (Lipinski definition) is 2. The summed E-state index contributed by atoms with van der Waals surface area (Å²) in [6, 6.07) is 11.6. The van der Waals surface area contributed by atoms with E-state index in [4.69, 9.17) is 0 Å². The topological polar surface area (TPSA) is 49.4 Å². The van der Waals surface area contributed by atoms with Gasteiger partial charge in [0.25, 0.3) is 0 Å². The summed E-state index contributed by atoms with van der Waals surface area (Å²) >= 11 is 0. The van der Waals surface area contributed by atoms with E-state index in [9.17, 15) is 14.0 Å². The highest BCUT2D eigenvalue weighted by molar-refractivity contribution is 5.88. The van der Waals surface area contributed by atoms with E-state index in [2.05, 4.69) is 5.32 Å². The lowest BCUT2D eigenvalue weighted by Gasteiger charge is -2.31. The molecule has 1 N–H and O–H groups in total. The fourth-order valence-corrected chi connectivity index (χ4v) is 3.31. The molecular formula is C24H31FN2O2. The van der Waals surface area contributed by atoms with E-state index in [-0.39, 0.29) is 30.6 Å². The van der Waals surface area contributed by atoms with Crippen LogP contribution in [-0.2, 0) is 22.6 Å². The Morgan fingerprint density at radius 2 is 1.66 bits per heavy atom. The molecule has 4 nitrogen and oxygen atoms in total. The number of nitrogens with one attached hydrogen (secondary N) is 1. The van der Waals surface area contributed by atoms with Gasteiger partial charge in [-0.2, -0.15) is 0 Å². The molecule has 0 bridgehead atoms. The highest BCUT2D eigenvalue weighted by Crippen LogP contribution is 2.17. The van der Waals surface area contributed by atoms with Crippen molar-refractivity contribution < 1.29 is 14.0 Å².